The number of halogens is 1. The molecule has 2 N–H and O–H groups in total. The van der Waals surface area contributed by atoms with E-state index in [0.29, 0.717) is 18.6 Å². The van der Waals surface area contributed by atoms with Gasteiger partial charge in [0.1, 0.15) is 12.4 Å². The van der Waals surface area contributed by atoms with Crippen LogP contribution in [0.4, 0.5) is 0 Å². The number of hydrogen-bond donors (Lipinski definition) is 2. The zero-order valence-corrected chi connectivity index (χ0v) is 11.9. The Hall–Kier alpha value is -1.29. The smallest absolute Gasteiger partial charge is 0.127 e. The van der Waals surface area contributed by atoms with Gasteiger partial charge in [-0.05, 0) is 36.3 Å². The second-order valence-electron chi connectivity index (χ2n) is 5.32. The molecule has 0 radical (unpaired) electrons. The van der Waals surface area contributed by atoms with Gasteiger partial charge in [-0.15, -0.1) is 0 Å². The third-order valence-electron chi connectivity index (χ3n) is 3.74. The number of fused-ring (bicyclic) bond motifs is 1. The molecular formula is C16H18ClNO2. The molecule has 1 aliphatic heterocycles. The molecule has 0 amide bonds. The third kappa shape index (κ3) is 3.06. The van der Waals surface area contributed by atoms with Crippen LogP contribution in [0.1, 0.15) is 12.0 Å². The molecule has 0 saturated heterocycles. The van der Waals surface area contributed by atoms with E-state index in [1.54, 1.807) is 0 Å². The number of ether oxygens (including phenoxy) is 1. The lowest BCUT2D eigenvalue weighted by Crippen LogP contribution is -2.30. The molecule has 1 aromatic carbocycles. The molecule has 4 heteroatoms. The average Bonchev–Trinajstić information content (AvgIpc) is 2.92. The summed E-state index contributed by atoms with van der Waals surface area (Å²) in [6.07, 6.45) is 7.32. The van der Waals surface area contributed by atoms with Crippen molar-refractivity contribution in [2.24, 2.45) is 5.92 Å². The van der Waals surface area contributed by atoms with Crippen molar-refractivity contribution in [1.82, 2.24) is 5.32 Å². The van der Waals surface area contributed by atoms with Crippen molar-refractivity contribution in [1.29, 1.82) is 0 Å². The Balaban J connectivity index is 1.60. The van der Waals surface area contributed by atoms with E-state index in [0.717, 1.165) is 29.3 Å². The summed E-state index contributed by atoms with van der Waals surface area (Å²) in [5.74, 6) is 1.18. The molecule has 0 aromatic heterocycles. The molecule has 0 fully saturated rings. The monoisotopic (exact) mass is 291 g/mol. The van der Waals surface area contributed by atoms with E-state index in [2.05, 4.69) is 23.5 Å². The fourth-order valence-corrected chi connectivity index (χ4v) is 2.80. The van der Waals surface area contributed by atoms with Crippen LogP contribution in [0.15, 0.2) is 35.9 Å². The van der Waals surface area contributed by atoms with E-state index in [4.69, 9.17) is 21.4 Å². The molecule has 3 rings (SSSR count). The summed E-state index contributed by atoms with van der Waals surface area (Å²) in [5.41, 5.74) is 2.25. The zero-order chi connectivity index (χ0) is 13.9. The Labute approximate surface area is 123 Å². The molecule has 2 atom stereocenters. The van der Waals surface area contributed by atoms with Crippen molar-refractivity contribution in [3.05, 3.63) is 46.5 Å². The molecule has 1 aromatic rings. The maximum absolute atomic E-state index is 9.11. The first kappa shape index (κ1) is 13.7. The molecule has 20 heavy (non-hydrogen) atoms. The third-order valence-corrected chi connectivity index (χ3v) is 3.98. The highest BCUT2D eigenvalue weighted by atomic mass is 35.5. The normalized spacial score (nSPS) is 24.2. The molecule has 2 aliphatic rings. The van der Waals surface area contributed by atoms with Gasteiger partial charge in [-0.25, -0.2) is 0 Å². The van der Waals surface area contributed by atoms with Gasteiger partial charge in [-0.3, -0.25) is 0 Å². The van der Waals surface area contributed by atoms with Crippen LogP contribution < -0.4 is 10.1 Å². The molecule has 0 unspecified atom stereocenters. The topological polar surface area (TPSA) is 41.5 Å². The summed E-state index contributed by atoms with van der Waals surface area (Å²) in [6, 6.07) is 6.02. The highest BCUT2D eigenvalue weighted by Crippen LogP contribution is 2.28. The second kappa shape index (κ2) is 6.00. The summed E-state index contributed by atoms with van der Waals surface area (Å²) in [7, 11) is 0. The predicted molar refractivity (Wildman–Crippen MR) is 81.0 cm³/mol. The fraction of sp³-hybridized carbons (Fsp3) is 0.375. The van der Waals surface area contributed by atoms with Crippen LogP contribution in [0.5, 0.6) is 5.75 Å². The summed E-state index contributed by atoms with van der Waals surface area (Å²) in [6.45, 7) is 1.63. The molecular weight excluding hydrogens is 274 g/mol. The quantitative estimate of drug-likeness (QED) is 0.838. The van der Waals surface area contributed by atoms with Crippen molar-refractivity contribution in [3.63, 3.8) is 0 Å². The van der Waals surface area contributed by atoms with E-state index in [9.17, 15) is 0 Å². The first-order chi connectivity index (χ1) is 9.74. The van der Waals surface area contributed by atoms with Gasteiger partial charge in [0.25, 0.3) is 0 Å². The fourth-order valence-electron chi connectivity index (χ4n) is 2.62. The highest BCUT2D eigenvalue weighted by molar-refractivity contribution is 6.30. The average molecular weight is 292 g/mol. The van der Waals surface area contributed by atoms with Crippen molar-refractivity contribution in [3.8, 4) is 5.75 Å². The Morgan fingerprint density at radius 2 is 2.25 bits per heavy atom. The molecule has 106 valence electrons. The minimum absolute atomic E-state index is 0.229. The predicted octanol–water partition coefficient (Wildman–Crippen LogP) is 2.64. The van der Waals surface area contributed by atoms with Gasteiger partial charge in [0.05, 0.1) is 0 Å². The van der Waals surface area contributed by atoms with Gasteiger partial charge >= 0.3 is 0 Å². The van der Waals surface area contributed by atoms with E-state index >= 15 is 0 Å². The maximum Gasteiger partial charge on any atom is 0.127 e. The van der Waals surface area contributed by atoms with Gasteiger partial charge in [-0.2, -0.15) is 0 Å². The summed E-state index contributed by atoms with van der Waals surface area (Å²) in [5, 5.41) is 13.3. The molecule has 0 saturated carbocycles. The number of aliphatic hydroxyl groups is 1. The maximum atomic E-state index is 9.11. The van der Waals surface area contributed by atoms with Gasteiger partial charge in [0.2, 0.25) is 0 Å². The van der Waals surface area contributed by atoms with Crippen LogP contribution in [-0.4, -0.2) is 30.9 Å². The molecule has 0 spiro atoms. The number of rotatable bonds is 4. The molecule has 1 heterocycles. The van der Waals surface area contributed by atoms with Crippen LogP contribution in [0.3, 0.4) is 0 Å². The van der Waals surface area contributed by atoms with Crippen LogP contribution in [-0.2, 0) is 0 Å². The SMILES string of the molecule is OC[C@H]1C=C[C@@H](NCC2=Cc3cc(Cl)ccc3OC2)C1. The highest BCUT2D eigenvalue weighted by Gasteiger charge is 2.18. The molecule has 1 aliphatic carbocycles. The Morgan fingerprint density at radius 3 is 3.05 bits per heavy atom. The van der Waals surface area contributed by atoms with E-state index in [1.165, 1.54) is 5.57 Å². The lowest BCUT2D eigenvalue weighted by molar-refractivity contribution is 0.246. The van der Waals surface area contributed by atoms with Crippen LogP contribution in [0.2, 0.25) is 5.02 Å². The number of benzene rings is 1. The van der Waals surface area contributed by atoms with Gasteiger partial charge < -0.3 is 15.2 Å². The summed E-state index contributed by atoms with van der Waals surface area (Å²) in [4.78, 5) is 0. The van der Waals surface area contributed by atoms with Crippen molar-refractivity contribution in [2.45, 2.75) is 12.5 Å². The first-order valence-corrected chi connectivity index (χ1v) is 7.27. The van der Waals surface area contributed by atoms with Gasteiger partial charge in [0, 0.05) is 35.7 Å². The number of hydrogen-bond acceptors (Lipinski definition) is 3. The Bertz CT molecular complexity index is 553. The minimum Gasteiger partial charge on any atom is -0.489 e. The Kier molecular flexibility index (Phi) is 4.10. The molecule has 0 bridgehead atoms. The lowest BCUT2D eigenvalue weighted by atomic mass is 10.1. The van der Waals surface area contributed by atoms with E-state index in [-0.39, 0.29) is 6.61 Å². The van der Waals surface area contributed by atoms with Crippen molar-refractivity contribution < 1.29 is 9.84 Å². The van der Waals surface area contributed by atoms with E-state index < -0.39 is 0 Å². The molecule has 3 nitrogen and oxygen atoms in total. The lowest BCUT2D eigenvalue weighted by Gasteiger charge is -2.20. The second-order valence-corrected chi connectivity index (χ2v) is 5.76. The summed E-state index contributed by atoms with van der Waals surface area (Å²) < 4.78 is 5.72. The van der Waals surface area contributed by atoms with Crippen LogP contribution in [0.25, 0.3) is 6.08 Å². The van der Waals surface area contributed by atoms with Crippen LogP contribution >= 0.6 is 11.6 Å². The minimum atomic E-state index is 0.229. The standard InChI is InChI=1S/C16H18ClNO2/c17-14-2-4-16-13(7-14)5-12(10-20-16)8-18-15-3-1-11(6-15)9-19/h1-5,7,11,15,18-19H,6,8-10H2/t11-,15+/m0/s1. The van der Waals surface area contributed by atoms with Gasteiger partial charge in [-0.1, -0.05) is 23.8 Å². The zero-order valence-electron chi connectivity index (χ0n) is 11.2. The van der Waals surface area contributed by atoms with Crippen molar-refractivity contribution in [2.75, 3.05) is 19.8 Å². The first-order valence-electron chi connectivity index (χ1n) is 6.89. The summed E-state index contributed by atoms with van der Waals surface area (Å²) >= 11 is 6.00. The van der Waals surface area contributed by atoms with E-state index in [1.807, 2.05) is 18.2 Å². The van der Waals surface area contributed by atoms with Gasteiger partial charge in [0.15, 0.2) is 0 Å². The van der Waals surface area contributed by atoms with Crippen molar-refractivity contribution >= 4 is 17.7 Å². The Morgan fingerprint density at radius 1 is 1.35 bits per heavy atom. The number of nitrogens with one attached hydrogen (secondary N) is 1. The number of aliphatic hydroxyl groups excluding tert-OH is 1. The largest absolute Gasteiger partial charge is 0.489 e. The van der Waals surface area contributed by atoms with Crippen LogP contribution in [0, 0.1) is 5.92 Å².